The number of aromatic nitrogens is 2. The monoisotopic (exact) mass is 389 g/mol. The number of carbonyl (C=O) groups is 1. The second-order valence-electron chi connectivity index (χ2n) is 5.52. The Kier molecular flexibility index (Phi) is 5.83. The van der Waals surface area contributed by atoms with Crippen LogP contribution in [0, 0.1) is 11.6 Å². The molecule has 0 fully saturated rings. The van der Waals surface area contributed by atoms with Crippen molar-refractivity contribution >= 4 is 11.9 Å². The van der Waals surface area contributed by atoms with E-state index in [9.17, 15) is 13.6 Å². The van der Waals surface area contributed by atoms with Crippen LogP contribution < -0.4 is 14.8 Å². The quantitative estimate of drug-likeness (QED) is 0.656. The molecule has 1 amide bonds. The van der Waals surface area contributed by atoms with Crippen LogP contribution in [0.5, 0.6) is 11.5 Å². The zero-order valence-corrected chi connectivity index (χ0v) is 15.2. The molecule has 0 aliphatic carbocycles. The molecule has 0 aliphatic heterocycles. The third-order valence-corrected chi connectivity index (χ3v) is 3.61. The van der Waals surface area contributed by atoms with Crippen LogP contribution in [0.1, 0.15) is 24.2 Å². The van der Waals surface area contributed by atoms with Crippen molar-refractivity contribution in [1.82, 2.24) is 10.2 Å². The maximum Gasteiger partial charge on any atom is 0.322 e. The van der Waals surface area contributed by atoms with E-state index in [4.69, 9.17) is 13.9 Å². The molecule has 146 valence electrons. The molecule has 0 aliphatic rings. The van der Waals surface area contributed by atoms with Gasteiger partial charge in [0.15, 0.2) is 11.5 Å². The maximum atomic E-state index is 13.7. The largest absolute Gasteiger partial charge is 0.490 e. The average Bonchev–Trinajstić information content (AvgIpc) is 3.12. The van der Waals surface area contributed by atoms with E-state index in [-0.39, 0.29) is 17.5 Å². The van der Waals surface area contributed by atoms with Crippen LogP contribution in [0.25, 0.3) is 11.5 Å². The minimum absolute atomic E-state index is 0.124. The van der Waals surface area contributed by atoms with Crippen molar-refractivity contribution in [3.8, 4) is 23.0 Å². The summed E-state index contributed by atoms with van der Waals surface area (Å²) in [5.41, 5.74) is 0.203. The van der Waals surface area contributed by atoms with Gasteiger partial charge >= 0.3 is 6.01 Å². The number of halogens is 2. The Labute approximate surface area is 159 Å². The number of hydrogen-bond acceptors (Lipinski definition) is 6. The molecule has 28 heavy (non-hydrogen) atoms. The van der Waals surface area contributed by atoms with Crippen LogP contribution in [0.3, 0.4) is 0 Å². The Morgan fingerprint density at radius 3 is 2.50 bits per heavy atom. The molecule has 0 saturated heterocycles. The minimum atomic E-state index is -0.995. The van der Waals surface area contributed by atoms with Gasteiger partial charge in [-0.15, -0.1) is 5.10 Å². The van der Waals surface area contributed by atoms with Gasteiger partial charge in [-0.1, -0.05) is 5.10 Å². The Hall–Kier alpha value is -3.49. The highest BCUT2D eigenvalue weighted by atomic mass is 19.1. The lowest BCUT2D eigenvalue weighted by Gasteiger charge is -2.11. The third kappa shape index (κ3) is 4.25. The number of ether oxygens (including phenoxy) is 2. The first-order valence-electron chi connectivity index (χ1n) is 8.51. The molecule has 0 radical (unpaired) electrons. The molecule has 0 atom stereocenters. The van der Waals surface area contributed by atoms with Crippen LogP contribution in [0.4, 0.5) is 14.8 Å². The molecule has 9 heteroatoms. The summed E-state index contributed by atoms with van der Waals surface area (Å²) in [5, 5.41) is 9.87. The number of rotatable bonds is 7. The van der Waals surface area contributed by atoms with E-state index in [0.717, 1.165) is 12.1 Å². The topological polar surface area (TPSA) is 86.5 Å². The van der Waals surface area contributed by atoms with Gasteiger partial charge in [0.25, 0.3) is 5.91 Å². The standard InChI is InChI=1S/C19H17F2N3O4/c1-3-26-15-8-5-11(9-16(15)27-4-2)18-23-24-19(28-18)22-17(25)13-7-6-12(20)10-14(13)21/h5-10H,3-4H2,1-2H3,(H,22,24,25). The zero-order valence-electron chi connectivity index (χ0n) is 15.2. The second kappa shape index (κ2) is 8.47. The Balaban J connectivity index is 1.80. The van der Waals surface area contributed by atoms with Gasteiger partial charge in [0.2, 0.25) is 5.89 Å². The van der Waals surface area contributed by atoms with Gasteiger partial charge in [-0.3, -0.25) is 10.1 Å². The summed E-state index contributed by atoms with van der Waals surface area (Å²) in [6, 6.07) is 7.48. The molecule has 1 N–H and O–H groups in total. The number of anilines is 1. The Morgan fingerprint density at radius 2 is 1.79 bits per heavy atom. The van der Waals surface area contributed by atoms with Crippen LogP contribution in [-0.4, -0.2) is 29.3 Å². The fourth-order valence-electron chi connectivity index (χ4n) is 2.41. The van der Waals surface area contributed by atoms with Crippen molar-refractivity contribution in [3.05, 3.63) is 53.6 Å². The van der Waals surface area contributed by atoms with Crippen LogP contribution in [-0.2, 0) is 0 Å². The van der Waals surface area contributed by atoms with Gasteiger partial charge in [0.05, 0.1) is 18.8 Å². The molecule has 2 aromatic carbocycles. The van der Waals surface area contributed by atoms with E-state index in [1.165, 1.54) is 0 Å². The molecule has 3 aromatic rings. The fraction of sp³-hybridized carbons (Fsp3) is 0.211. The number of nitrogens with one attached hydrogen (secondary N) is 1. The van der Waals surface area contributed by atoms with Gasteiger partial charge in [0, 0.05) is 11.6 Å². The molecule has 7 nitrogen and oxygen atoms in total. The SMILES string of the molecule is CCOc1ccc(-c2nnc(NC(=O)c3ccc(F)cc3F)o2)cc1OCC. The zero-order chi connectivity index (χ0) is 20.1. The first kappa shape index (κ1) is 19.3. The van der Waals surface area contributed by atoms with Crippen molar-refractivity contribution < 1.29 is 27.5 Å². The van der Waals surface area contributed by atoms with Crippen LogP contribution in [0.15, 0.2) is 40.8 Å². The lowest BCUT2D eigenvalue weighted by Crippen LogP contribution is -2.14. The van der Waals surface area contributed by atoms with Crippen molar-refractivity contribution in [2.75, 3.05) is 18.5 Å². The molecule has 3 rings (SSSR count). The predicted octanol–water partition coefficient (Wildman–Crippen LogP) is 4.06. The molecule has 0 unspecified atom stereocenters. The third-order valence-electron chi connectivity index (χ3n) is 3.61. The van der Waals surface area contributed by atoms with Crippen molar-refractivity contribution in [1.29, 1.82) is 0 Å². The number of amides is 1. The first-order valence-corrected chi connectivity index (χ1v) is 8.51. The fourth-order valence-corrected chi connectivity index (χ4v) is 2.41. The molecule has 0 spiro atoms. The van der Waals surface area contributed by atoms with Gasteiger partial charge in [-0.25, -0.2) is 8.78 Å². The summed E-state index contributed by atoms with van der Waals surface area (Å²) in [7, 11) is 0. The highest BCUT2D eigenvalue weighted by Gasteiger charge is 2.17. The van der Waals surface area contributed by atoms with Gasteiger partial charge in [-0.2, -0.15) is 0 Å². The summed E-state index contributed by atoms with van der Waals surface area (Å²) in [6.07, 6.45) is 0. The number of benzene rings is 2. The van der Waals surface area contributed by atoms with E-state index in [1.807, 2.05) is 13.8 Å². The molecule has 0 saturated carbocycles. The van der Waals surface area contributed by atoms with Crippen molar-refractivity contribution in [2.24, 2.45) is 0 Å². The van der Waals surface area contributed by atoms with E-state index in [0.29, 0.717) is 36.3 Å². The maximum absolute atomic E-state index is 13.7. The minimum Gasteiger partial charge on any atom is -0.490 e. The first-order chi connectivity index (χ1) is 13.5. The summed E-state index contributed by atoms with van der Waals surface area (Å²) in [6.45, 7) is 4.63. The highest BCUT2D eigenvalue weighted by Crippen LogP contribution is 2.32. The smallest absolute Gasteiger partial charge is 0.322 e. The average molecular weight is 389 g/mol. The second-order valence-corrected chi connectivity index (χ2v) is 5.52. The van der Waals surface area contributed by atoms with E-state index < -0.39 is 17.5 Å². The normalized spacial score (nSPS) is 10.6. The van der Waals surface area contributed by atoms with Crippen LogP contribution in [0.2, 0.25) is 0 Å². The van der Waals surface area contributed by atoms with Gasteiger partial charge in [-0.05, 0) is 44.2 Å². The molecule has 1 aromatic heterocycles. The highest BCUT2D eigenvalue weighted by molar-refractivity contribution is 6.03. The number of carbonyl (C=O) groups excluding carboxylic acids is 1. The van der Waals surface area contributed by atoms with Crippen molar-refractivity contribution in [2.45, 2.75) is 13.8 Å². The summed E-state index contributed by atoms with van der Waals surface area (Å²) < 4.78 is 43.1. The number of hydrogen-bond donors (Lipinski definition) is 1. The summed E-state index contributed by atoms with van der Waals surface area (Å²) in [5.74, 6) is -1.40. The van der Waals surface area contributed by atoms with Crippen molar-refractivity contribution in [3.63, 3.8) is 0 Å². The predicted molar refractivity (Wildman–Crippen MR) is 96.4 cm³/mol. The van der Waals surface area contributed by atoms with Gasteiger partial charge in [0.1, 0.15) is 11.6 Å². The summed E-state index contributed by atoms with van der Waals surface area (Å²) >= 11 is 0. The Morgan fingerprint density at radius 1 is 1.04 bits per heavy atom. The molecular formula is C19H17F2N3O4. The lowest BCUT2D eigenvalue weighted by molar-refractivity contribution is 0.102. The van der Waals surface area contributed by atoms with E-state index in [2.05, 4.69) is 15.5 Å². The number of nitrogens with zero attached hydrogens (tertiary/aromatic N) is 2. The van der Waals surface area contributed by atoms with E-state index >= 15 is 0 Å². The molecular weight excluding hydrogens is 372 g/mol. The van der Waals surface area contributed by atoms with E-state index in [1.54, 1.807) is 18.2 Å². The lowest BCUT2D eigenvalue weighted by atomic mass is 10.2. The Bertz CT molecular complexity index is 991. The summed E-state index contributed by atoms with van der Waals surface area (Å²) in [4.78, 5) is 12.1. The molecule has 1 heterocycles. The van der Waals surface area contributed by atoms with Gasteiger partial charge < -0.3 is 13.9 Å². The molecule has 0 bridgehead atoms. The van der Waals surface area contributed by atoms with Crippen LogP contribution >= 0.6 is 0 Å².